The molecule has 3 aromatic rings. The molecule has 2 aliphatic heterocycles. The molecular weight excluding hydrogens is 376 g/mol. The largest absolute Gasteiger partial charge is 0.378 e. The van der Waals surface area contributed by atoms with Crippen LogP contribution in [-0.2, 0) is 14.4 Å². The van der Waals surface area contributed by atoms with Gasteiger partial charge in [-0.2, -0.15) is 0 Å². The summed E-state index contributed by atoms with van der Waals surface area (Å²) in [5.74, 6) is -0.659. The highest BCUT2D eigenvalue weighted by atomic mass is 35.5. The van der Waals surface area contributed by atoms with E-state index >= 15 is 0 Å². The van der Waals surface area contributed by atoms with Gasteiger partial charge in [-0.05, 0) is 40.6 Å². The number of carbonyl (C=O) groups is 2. The van der Waals surface area contributed by atoms with Crippen molar-refractivity contribution in [2.45, 2.75) is 18.4 Å². The summed E-state index contributed by atoms with van der Waals surface area (Å²) in [4.78, 5) is 32.7. The third-order valence-corrected chi connectivity index (χ3v) is 5.48. The summed E-state index contributed by atoms with van der Waals surface area (Å²) in [7, 11) is 0. The van der Waals surface area contributed by atoms with Gasteiger partial charge >= 0.3 is 0 Å². The van der Waals surface area contributed by atoms with E-state index in [0.717, 1.165) is 16.3 Å². The Morgan fingerprint density at radius 2 is 1.68 bits per heavy atom. The first-order chi connectivity index (χ1) is 13.6. The van der Waals surface area contributed by atoms with Crippen molar-refractivity contribution in [3.8, 4) is 0 Å². The first kappa shape index (κ1) is 17.0. The summed E-state index contributed by atoms with van der Waals surface area (Å²) >= 11 is 5.93. The van der Waals surface area contributed by atoms with Crippen molar-refractivity contribution < 1.29 is 14.4 Å². The lowest BCUT2D eigenvalue weighted by Gasteiger charge is -2.19. The van der Waals surface area contributed by atoms with Crippen LogP contribution in [0.4, 0.5) is 5.69 Å². The van der Waals surface area contributed by atoms with Crippen LogP contribution in [0, 0.1) is 0 Å². The van der Waals surface area contributed by atoms with Gasteiger partial charge in [0.05, 0.1) is 17.8 Å². The summed E-state index contributed by atoms with van der Waals surface area (Å²) in [6.45, 7) is 0. The third kappa shape index (κ3) is 2.59. The van der Waals surface area contributed by atoms with E-state index in [0.29, 0.717) is 16.4 Å². The molecule has 28 heavy (non-hydrogen) atoms. The Kier molecular flexibility index (Phi) is 3.74. The minimum absolute atomic E-state index is 0.0285. The Morgan fingerprint density at radius 3 is 2.46 bits per heavy atom. The van der Waals surface area contributed by atoms with Crippen molar-refractivity contribution >= 4 is 45.6 Å². The molecule has 2 heterocycles. The number of anilines is 1. The fraction of sp³-hybridized carbons (Fsp3) is 0.136. The fourth-order valence-electron chi connectivity index (χ4n) is 3.78. The lowest BCUT2D eigenvalue weighted by Crippen LogP contribution is -2.40. The molecule has 0 radical (unpaired) electrons. The van der Waals surface area contributed by atoms with Gasteiger partial charge in [0.2, 0.25) is 11.5 Å². The molecule has 1 atom stereocenters. The number of carbonyl (C=O) groups excluding carboxylic acids is 2. The predicted octanol–water partition coefficient (Wildman–Crippen LogP) is 4.32. The van der Waals surface area contributed by atoms with Crippen LogP contribution in [0.2, 0.25) is 5.02 Å². The van der Waals surface area contributed by atoms with Crippen LogP contribution < -0.4 is 4.90 Å². The Bertz CT molecular complexity index is 1160. The fourth-order valence-corrected chi connectivity index (χ4v) is 3.90. The molecule has 5 rings (SSSR count). The molecule has 5 nitrogen and oxygen atoms in total. The molecule has 1 fully saturated rings. The molecule has 0 bridgehead atoms. The van der Waals surface area contributed by atoms with E-state index in [-0.39, 0.29) is 24.7 Å². The maximum Gasteiger partial charge on any atom is 0.281 e. The molecule has 3 aromatic carbocycles. The van der Waals surface area contributed by atoms with Crippen molar-refractivity contribution in [3.05, 3.63) is 77.3 Å². The van der Waals surface area contributed by atoms with Gasteiger partial charge in [0.25, 0.3) is 5.91 Å². The van der Waals surface area contributed by atoms with E-state index in [1.807, 2.05) is 48.5 Å². The van der Waals surface area contributed by atoms with Crippen molar-refractivity contribution in [3.63, 3.8) is 0 Å². The van der Waals surface area contributed by atoms with Crippen LogP contribution >= 0.6 is 11.6 Å². The Labute approximate surface area is 166 Å². The van der Waals surface area contributed by atoms with Crippen LogP contribution in [0.3, 0.4) is 0 Å². The second-order valence-corrected chi connectivity index (χ2v) is 7.49. The minimum Gasteiger partial charge on any atom is -0.378 e. The quantitative estimate of drug-likeness (QED) is 0.612. The topological polar surface area (TPSA) is 59.0 Å². The number of halogens is 1. The maximum absolute atomic E-state index is 13.2. The van der Waals surface area contributed by atoms with Crippen LogP contribution in [-0.4, -0.2) is 23.1 Å². The van der Waals surface area contributed by atoms with Gasteiger partial charge in [0.15, 0.2) is 0 Å². The van der Waals surface area contributed by atoms with Crippen molar-refractivity contribution in [1.29, 1.82) is 0 Å². The van der Waals surface area contributed by atoms with Gasteiger partial charge in [0.1, 0.15) is 0 Å². The number of benzene rings is 3. The van der Waals surface area contributed by atoms with Crippen molar-refractivity contribution in [1.82, 2.24) is 0 Å². The lowest BCUT2D eigenvalue weighted by molar-refractivity contribution is -0.136. The maximum atomic E-state index is 13.2. The van der Waals surface area contributed by atoms with Crippen LogP contribution in [0.25, 0.3) is 10.8 Å². The molecule has 0 aromatic heterocycles. The molecule has 1 spiro atoms. The van der Waals surface area contributed by atoms with Crippen LogP contribution in [0.15, 0.2) is 71.9 Å². The molecule has 1 saturated heterocycles. The zero-order chi connectivity index (χ0) is 19.3. The summed E-state index contributed by atoms with van der Waals surface area (Å²) in [5, 5.41) is 6.74. The first-order valence-electron chi connectivity index (χ1n) is 8.93. The molecular formula is C22H15ClN2O3. The number of imide groups is 1. The van der Waals surface area contributed by atoms with Crippen LogP contribution in [0.1, 0.15) is 18.4 Å². The van der Waals surface area contributed by atoms with Crippen molar-refractivity contribution in [2.24, 2.45) is 5.16 Å². The van der Waals surface area contributed by atoms with Crippen molar-refractivity contribution in [2.75, 3.05) is 4.90 Å². The van der Waals surface area contributed by atoms with Gasteiger partial charge in [-0.3, -0.25) is 9.59 Å². The third-order valence-electron chi connectivity index (χ3n) is 5.23. The summed E-state index contributed by atoms with van der Waals surface area (Å²) in [6, 6.07) is 20.5. The second-order valence-electron chi connectivity index (χ2n) is 7.05. The van der Waals surface area contributed by atoms with E-state index in [4.69, 9.17) is 16.4 Å². The molecule has 0 aliphatic carbocycles. The molecule has 6 heteroatoms. The molecule has 0 unspecified atom stereocenters. The zero-order valence-electron chi connectivity index (χ0n) is 14.8. The van der Waals surface area contributed by atoms with Gasteiger partial charge in [0, 0.05) is 11.4 Å². The minimum atomic E-state index is -1.27. The summed E-state index contributed by atoms with van der Waals surface area (Å²) in [6.07, 6.45) is 0.225. The summed E-state index contributed by atoms with van der Waals surface area (Å²) < 4.78 is 0. The van der Waals surface area contributed by atoms with E-state index in [1.54, 1.807) is 18.2 Å². The normalized spacial score (nSPS) is 21.5. The number of amides is 2. The smallest absolute Gasteiger partial charge is 0.281 e. The van der Waals surface area contributed by atoms with E-state index in [1.165, 1.54) is 4.90 Å². The molecule has 0 saturated carbocycles. The number of fused-ring (bicyclic) bond motifs is 1. The van der Waals surface area contributed by atoms with E-state index < -0.39 is 5.60 Å². The Hall–Kier alpha value is -3.18. The van der Waals surface area contributed by atoms with Gasteiger partial charge in [-0.25, -0.2) is 4.90 Å². The molecule has 138 valence electrons. The SMILES string of the molecule is O=C1C[C@]2(CC(c3ccc(Cl)cc3)=NO2)C(=O)N1c1ccc2ccccc2c1. The zero-order valence-corrected chi connectivity index (χ0v) is 15.5. The Balaban J connectivity index is 1.45. The second kappa shape index (κ2) is 6.17. The first-order valence-corrected chi connectivity index (χ1v) is 9.31. The van der Waals surface area contributed by atoms with E-state index in [9.17, 15) is 9.59 Å². The lowest BCUT2D eigenvalue weighted by atomic mass is 9.92. The summed E-state index contributed by atoms with van der Waals surface area (Å²) in [5.41, 5.74) is 0.746. The van der Waals surface area contributed by atoms with E-state index in [2.05, 4.69) is 5.16 Å². The Morgan fingerprint density at radius 1 is 0.929 bits per heavy atom. The highest BCUT2D eigenvalue weighted by Gasteiger charge is 2.58. The van der Waals surface area contributed by atoms with Gasteiger partial charge in [-0.1, -0.05) is 59.2 Å². The number of oxime groups is 1. The highest BCUT2D eigenvalue weighted by molar-refractivity contribution is 6.30. The van der Waals surface area contributed by atoms with Gasteiger partial charge < -0.3 is 4.84 Å². The average Bonchev–Trinajstić information content (AvgIpc) is 3.23. The number of hydrogen-bond acceptors (Lipinski definition) is 4. The predicted molar refractivity (Wildman–Crippen MR) is 107 cm³/mol. The number of hydrogen-bond donors (Lipinski definition) is 0. The molecule has 0 N–H and O–H groups in total. The standard InChI is InChI=1S/C22H15ClN2O3/c23-17-8-5-15(6-9-17)19-12-22(28-24-19)13-20(26)25(21(22)27)18-10-7-14-3-1-2-4-16(14)11-18/h1-11H,12-13H2/t22-/m1/s1. The number of rotatable bonds is 2. The van der Waals surface area contributed by atoms with Crippen LogP contribution in [0.5, 0.6) is 0 Å². The average molecular weight is 391 g/mol. The molecule has 2 aliphatic rings. The highest BCUT2D eigenvalue weighted by Crippen LogP contribution is 2.39. The van der Waals surface area contributed by atoms with Gasteiger partial charge in [-0.15, -0.1) is 0 Å². The molecule has 2 amide bonds. The number of nitrogens with zero attached hydrogens (tertiary/aromatic N) is 2. The monoisotopic (exact) mass is 390 g/mol.